The van der Waals surface area contributed by atoms with Crippen LogP contribution in [0.1, 0.15) is 52.9 Å². The van der Waals surface area contributed by atoms with Crippen LogP contribution in [-0.2, 0) is 28.5 Å². The van der Waals surface area contributed by atoms with E-state index >= 15 is 0 Å². The van der Waals surface area contributed by atoms with Crippen molar-refractivity contribution in [3.05, 3.63) is 35.9 Å². The van der Waals surface area contributed by atoms with Crippen molar-refractivity contribution in [2.24, 2.45) is 22.7 Å². The molecule has 2 saturated carbocycles. The number of ketones is 1. The number of allylic oxidation sites excluding steroid dienone is 1. The molecule has 0 saturated heterocycles. The molecule has 8 nitrogen and oxygen atoms in total. The number of Topliss-reactive ketones (excluding diaryl/α,β-unsaturated/α-hetero) is 1. The van der Waals surface area contributed by atoms with Crippen LogP contribution in [0.3, 0.4) is 0 Å². The number of methoxy groups -OCH3 is 3. The van der Waals surface area contributed by atoms with Gasteiger partial charge in [-0.15, -0.1) is 0 Å². The van der Waals surface area contributed by atoms with Crippen LogP contribution in [0.15, 0.2) is 35.9 Å². The Hall–Kier alpha value is -1.97. The predicted molar refractivity (Wildman–Crippen MR) is 147 cm³/mol. The zero-order chi connectivity index (χ0) is 28.0. The first kappa shape index (κ1) is 30.0. The number of carbonyl (C=O) groups excluding carboxylic acids is 1. The van der Waals surface area contributed by atoms with Crippen LogP contribution in [0.25, 0.3) is 0 Å². The lowest BCUT2D eigenvalue weighted by Gasteiger charge is -2.48. The number of hydrogen-bond acceptors (Lipinski definition) is 8. The first-order chi connectivity index (χ1) is 18.8. The van der Waals surface area contributed by atoms with Gasteiger partial charge in [-0.3, -0.25) is 4.79 Å². The van der Waals surface area contributed by atoms with Gasteiger partial charge in [0.2, 0.25) is 0 Å². The van der Waals surface area contributed by atoms with Crippen molar-refractivity contribution in [2.45, 2.75) is 71.2 Å². The largest absolute Gasteiger partial charge is 0.497 e. The van der Waals surface area contributed by atoms with Gasteiger partial charge >= 0.3 is 0 Å². The summed E-state index contributed by atoms with van der Waals surface area (Å²) in [5.41, 5.74) is 0.358. The smallest absolute Gasteiger partial charge is 0.168 e. The van der Waals surface area contributed by atoms with Crippen LogP contribution >= 0.6 is 0 Å². The number of benzene rings is 1. The molecule has 1 aromatic carbocycles. The molecule has 2 fully saturated rings. The molecule has 4 rings (SSSR count). The highest BCUT2D eigenvalue weighted by atomic mass is 16.7. The van der Waals surface area contributed by atoms with Gasteiger partial charge in [-0.25, -0.2) is 0 Å². The second-order valence-corrected chi connectivity index (χ2v) is 11.7. The Morgan fingerprint density at radius 1 is 0.897 bits per heavy atom. The highest BCUT2D eigenvalue weighted by molar-refractivity contribution is 5.90. The summed E-state index contributed by atoms with van der Waals surface area (Å²) in [5.74, 6) is 1.44. The van der Waals surface area contributed by atoms with E-state index in [4.69, 9.17) is 33.2 Å². The second kappa shape index (κ2) is 13.1. The molecule has 3 aliphatic rings. The number of carbonyl (C=O) groups is 1. The average Bonchev–Trinajstić information content (AvgIpc) is 3.22. The van der Waals surface area contributed by atoms with Crippen LogP contribution < -0.4 is 9.47 Å². The summed E-state index contributed by atoms with van der Waals surface area (Å²) in [5, 5.41) is 0. The average molecular weight is 547 g/mol. The van der Waals surface area contributed by atoms with Crippen molar-refractivity contribution in [3.8, 4) is 11.5 Å². The summed E-state index contributed by atoms with van der Waals surface area (Å²) in [6, 6.07) is 7.63. The van der Waals surface area contributed by atoms with Gasteiger partial charge in [0.25, 0.3) is 0 Å². The first-order valence-corrected chi connectivity index (χ1v) is 14.1. The monoisotopic (exact) mass is 546 g/mol. The second-order valence-electron chi connectivity index (χ2n) is 11.7. The first-order valence-electron chi connectivity index (χ1n) is 14.1. The van der Waals surface area contributed by atoms with E-state index in [-0.39, 0.29) is 48.8 Å². The van der Waals surface area contributed by atoms with E-state index in [1.54, 1.807) is 21.3 Å². The quantitative estimate of drug-likeness (QED) is 0.201. The molecule has 0 spiro atoms. The van der Waals surface area contributed by atoms with E-state index in [9.17, 15) is 4.79 Å². The molecular weight excluding hydrogens is 500 g/mol. The third-order valence-electron chi connectivity index (χ3n) is 9.20. The summed E-state index contributed by atoms with van der Waals surface area (Å²) in [6.45, 7) is 7.71. The van der Waals surface area contributed by atoms with Gasteiger partial charge < -0.3 is 33.2 Å². The summed E-state index contributed by atoms with van der Waals surface area (Å²) < 4.78 is 40.8. The van der Waals surface area contributed by atoms with E-state index in [0.29, 0.717) is 13.2 Å². The normalized spacial score (nSPS) is 33.3. The highest BCUT2D eigenvalue weighted by Gasteiger charge is 2.58. The van der Waals surface area contributed by atoms with E-state index < -0.39 is 11.5 Å². The Labute approximate surface area is 233 Å². The van der Waals surface area contributed by atoms with Crippen molar-refractivity contribution in [1.82, 2.24) is 0 Å². The molecule has 6 atom stereocenters. The van der Waals surface area contributed by atoms with Gasteiger partial charge in [0.05, 0.1) is 26.4 Å². The maximum Gasteiger partial charge on any atom is 0.168 e. The SMILES string of the molecule is COCCOCO[C@@H]1CCC[C@@]2(C)C(=O)[C@H](OCOC)[C@H]3CC/C(=C\[C@H](Oc4ccc(OC)cc4)[C@@H]12)C3(C)C. The Kier molecular flexibility index (Phi) is 10.1. The van der Waals surface area contributed by atoms with Crippen LogP contribution in [0.2, 0.25) is 0 Å². The maximum absolute atomic E-state index is 14.7. The van der Waals surface area contributed by atoms with Crippen LogP contribution in [0, 0.1) is 22.7 Å². The van der Waals surface area contributed by atoms with Gasteiger partial charge in [0, 0.05) is 31.5 Å². The molecule has 0 N–H and O–H groups in total. The van der Waals surface area contributed by atoms with Gasteiger partial charge in [0.15, 0.2) is 5.78 Å². The number of hydrogen-bond donors (Lipinski definition) is 0. The number of fused-ring (bicyclic) bond motifs is 3. The van der Waals surface area contributed by atoms with Gasteiger partial charge in [-0.1, -0.05) is 26.3 Å². The fourth-order valence-electron chi connectivity index (χ4n) is 6.93. The molecule has 1 aromatic rings. The molecule has 0 aliphatic heterocycles. The molecular formula is C31H46O8. The summed E-state index contributed by atoms with van der Waals surface area (Å²) in [6.07, 6.45) is 5.36. The molecule has 218 valence electrons. The van der Waals surface area contributed by atoms with Crippen molar-refractivity contribution in [3.63, 3.8) is 0 Å². The molecule has 0 unspecified atom stereocenters. The Morgan fingerprint density at radius 2 is 1.64 bits per heavy atom. The molecule has 8 heteroatoms. The van der Waals surface area contributed by atoms with Crippen molar-refractivity contribution < 1.29 is 38.0 Å². The lowest BCUT2D eigenvalue weighted by atomic mass is 9.60. The van der Waals surface area contributed by atoms with Crippen LogP contribution in [-0.4, -0.2) is 72.2 Å². The van der Waals surface area contributed by atoms with Crippen LogP contribution in [0.4, 0.5) is 0 Å². The molecule has 0 aromatic heterocycles. The van der Waals surface area contributed by atoms with Crippen molar-refractivity contribution >= 4 is 5.78 Å². The third kappa shape index (κ3) is 6.35. The lowest BCUT2D eigenvalue weighted by molar-refractivity contribution is -0.182. The summed E-state index contributed by atoms with van der Waals surface area (Å²) in [4.78, 5) is 14.7. The van der Waals surface area contributed by atoms with Crippen LogP contribution in [0.5, 0.6) is 11.5 Å². The maximum atomic E-state index is 14.7. The van der Waals surface area contributed by atoms with Gasteiger partial charge in [-0.2, -0.15) is 0 Å². The molecule has 0 radical (unpaired) electrons. The molecule has 0 heterocycles. The van der Waals surface area contributed by atoms with E-state index in [1.165, 1.54) is 5.57 Å². The summed E-state index contributed by atoms with van der Waals surface area (Å²) >= 11 is 0. The van der Waals surface area contributed by atoms with E-state index in [1.807, 2.05) is 24.3 Å². The van der Waals surface area contributed by atoms with Gasteiger partial charge in [0.1, 0.15) is 37.3 Å². The standard InChI is InChI=1S/C31H46O8/c1-30(2)21-9-14-24(30)28(38-19-34-5)29(32)31(3)15-7-8-25(37-20-36-17-16-33-4)27(31)26(18-21)39-23-12-10-22(35-6)11-13-23/h10-13,18,24-28H,7-9,14-17,19-20H2,1-6H3/b21-18+/t24-,25-,26+,27-,28-,31-/m1/s1. The molecule has 0 amide bonds. The highest BCUT2D eigenvalue weighted by Crippen LogP contribution is 2.55. The molecule has 39 heavy (non-hydrogen) atoms. The Morgan fingerprint density at radius 3 is 2.33 bits per heavy atom. The topological polar surface area (TPSA) is 81.7 Å². The predicted octanol–water partition coefficient (Wildman–Crippen LogP) is 5.19. The Bertz CT molecular complexity index is 973. The summed E-state index contributed by atoms with van der Waals surface area (Å²) in [7, 11) is 4.89. The minimum Gasteiger partial charge on any atom is -0.497 e. The zero-order valence-electron chi connectivity index (χ0n) is 24.4. The lowest BCUT2D eigenvalue weighted by Crippen LogP contribution is -2.56. The van der Waals surface area contributed by atoms with Crippen molar-refractivity contribution in [2.75, 3.05) is 48.1 Å². The van der Waals surface area contributed by atoms with E-state index in [2.05, 4.69) is 26.8 Å². The van der Waals surface area contributed by atoms with E-state index in [0.717, 1.165) is 43.6 Å². The Balaban J connectivity index is 1.76. The fraction of sp³-hybridized carbons (Fsp3) is 0.710. The van der Waals surface area contributed by atoms with Crippen molar-refractivity contribution in [1.29, 1.82) is 0 Å². The number of ether oxygens (including phenoxy) is 7. The van der Waals surface area contributed by atoms with Gasteiger partial charge in [-0.05, 0) is 67.9 Å². The third-order valence-corrected chi connectivity index (χ3v) is 9.20. The zero-order valence-corrected chi connectivity index (χ0v) is 24.4. The molecule has 2 bridgehead atoms. The molecule has 3 aliphatic carbocycles. The minimum absolute atomic E-state index is 0.0577. The minimum atomic E-state index is -0.720. The number of rotatable bonds is 12. The fourth-order valence-corrected chi connectivity index (χ4v) is 6.93.